The normalized spacial score (nSPS) is 11.5. The van der Waals surface area contributed by atoms with Crippen molar-refractivity contribution in [3.8, 4) is 5.75 Å². The molecule has 3 rings (SSSR count). The van der Waals surface area contributed by atoms with E-state index in [2.05, 4.69) is 20.8 Å². The molecule has 0 atom stereocenters. The number of allylic oxidation sites excluding steroid dienone is 1. The standard InChI is InChI=1S/C26H22Cl2O3/c1-26(2,3)20-10-4-19(5-11-20)25(30)31-22-13-7-18(8-14-22)24(29)15-9-17-6-12-21(27)16-23(17)28/h4-16H,1-3H3. The van der Waals surface area contributed by atoms with Gasteiger partial charge in [0.2, 0.25) is 0 Å². The highest BCUT2D eigenvalue weighted by molar-refractivity contribution is 6.35. The molecule has 0 amide bonds. The molecule has 0 heterocycles. The average molecular weight is 453 g/mol. The molecule has 5 heteroatoms. The average Bonchev–Trinajstić information content (AvgIpc) is 2.73. The first-order valence-electron chi connectivity index (χ1n) is 9.74. The van der Waals surface area contributed by atoms with E-state index in [-0.39, 0.29) is 11.2 Å². The molecular weight excluding hydrogens is 431 g/mol. The van der Waals surface area contributed by atoms with Crippen LogP contribution in [0.3, 0.4) is 0 Å². The molecule has 3 aromatic rings. The van der Waals surface area contributed by atoms with Crippen LogP contribution in [0.4, 0.5) is 0 Å². The third-order valence-corrected chi connectivity index (χ3v) is 5.28. The van der Waals surface area contributed by atoms with Gasteiger partial charge in [0.15, 0.2) is 5.78 Å². The molecule has 0 N–H and O–H groups in total. The van der Waals surface area contributed by atoms with Gasteiger partial charge >= 0.3 is 5.97 Å². The van der Waals surface area contributed by atoms with E-state index in [1.165, 1.54) is 6.08 Å². The molecule has 0 spiro atoms. The van der Waals surface area contributed by atoms with Crippen LogP contribution in [-0.4, -0.2) is 11.8 Å². The van der Waals surface area contributed by atoms with Crippen LogP contribution in [-0.2, 0) is 5.41 Å². The molecule has 31 heavy (non-hydrogen) atoms. The van der Waals surface area contributed by atoms with Gasteiger partial charge in [-0.15, -0.1) is 0 Å². The zero-order valence-corrected chi connectivity index (χ0v) is 19.0. The largest absolute Gasteiger partial charge is 0.423 e. The van der Waals surface area contributed by atoms with Crippen molar-refractivity contribution in [1.82, 2.24) is 0 Å². The number of ketones is 1. The predicted octanol–water partition coefficient (Wildman–Crippen LogP) is 7.41. The van der Waals surface area contributed by atoms with Gasteiger partial charge in [-0.3, -0.25) is 4.79 Å². The van der Waals surface area contributed by atoms with Crippen LogP contribution in [0.25, 0.3) is 6.08 Å². The van der Waals surface area contributed by atoms with Gasteiger partial charge in [0.1, 0.15) is 5.75 Å². The summed E-state index contributed by atoms with van der Waals surface area (Å²) in [4.78, 5) is 24.8. The van der Waals surface area contributed by atoms with Crippen molar-refractivity contribution in [2.75, 3.05) is 0 Å². The Bertz CT molecular complexity index is 1120. The van der Waals surface area contributed by atoms with E-state index in [1.54, 1.807) is 60.7 Å². The minimum Gasteiger partial charge on any atom is -0.423 e. The van der Waals surface area contributed by atoms with Crippen LogP contribution >= 0.6 is 23.2 Å². The summed E-state index contributed by atoms with van der Waals surface area (Å²) < 4.78 is 5.42. The fourth-order valence-corrected chi connectivity index (χ4v) is 3.33. The highest BCUT2D eigenvalue weighted by Gasteiger charge is 2.15. The molecule has 0 saturated heterocycles. The first-order chi connectivity index (χ1) is 14.6. The van der Waals surface area contributed by atoms with Gasteiger partial charge in [0.25, 0.3) is 0 Å². The third-order valence-electron chi connectivity index (χ3n) is 4.71. The summed E-state index contributed by atoms with van der Waals surface area (Å²) in [5, 5.41) is 0.998. The Balaban J connectivity index is 1.65. The fourth-order valence-electron chi connectivity index (χ4n) is 2.86. The Morgan fingerprint density at radius 1 is 0.839 bits per heavy atom. The number of hydrogen-bond donors (Lipinski definition) is 0. The maximum atomic E-state index is 12.4. The molecule has 0 saturated carbocycles. The number of hydrogen-bond acceptors (Lipinski definition) is 3. The topological polar surface area (TPSA) is 43.4 Å². The van der Waals surface area contributed by atoms with Crippen LogP contribution in [0, 0.1) is 0 Å². The van der Waals surface area contributed by atoms with Gasteiger partial charge in [0, 0.05) is 15.6 Å². The molecule has 0 aliphatic heterocycles. The Labute approximate surface area is 192 Å². The van der Waals surface area contributed by atoms with Gasteiger partial charge in [-0.25, -0.2) is 4.79 Å². The maximum Gasteiger partial charge on any atom is 0.343 e. The second-order valence-corrected chi connectivity index (χ2v) is 8.95. The third kappa shape index (κ3) is 6.06. The second kappa shape index (κ2) is 9.51. The fraction of sp³-hybridized carbons (Fsp3) is 0.154. The zero-order valence-electron chi connectivity index (χ0n) is 17.5. The van der Waals surface area contributed by atoms with Crippen molar-refractivity contribution in [1.29, 1.82) is 0 Å². The Hall–Kier alpha value is -2.88. The van der Waals surface area contributed by atoms with Crippen molar-refractivity contribution in [2.45, 2.75) is 26.2 Å². The number of esters is 1. The zero-order chi connectivity index (χ0) is 22.6. The lowest BCUT2D eigenvalue weighted by atomic mass is 9.87. The van der Waals surface area contributed by atoms with Crippen LogP contribution in [0.1, 0.15) is 52.6 Å². The number of ether oxygens (including phenoxy) is 1. The summed E-state index contributed by atoms with van der Waals surface area (Å²) in [5.41, 5.74) is 2.78. The van der Waals surface area contributed by atoms with Crippen molar-refractivity contribution < 1.29 is 14.3 Å². The second-order valence-electron chi connectivity index (χ2n) is 8.10. The SMILES string of the molecule is CC(C)(C)c1ccc(C(=O)Oc2ccc(C(=O)C=Cc3ccc(Cl)cc3Cl)cc2)cc1. The summed E-state index contributed by atoms with van der Waals surface area (Å²) in [6, 6.07) is 18.9. The summed E-state index contributed by atoms with van der Waals surface area (Å²) in [7, 11) is 0. The summed E-state index contributed by atoms with van der Waals surface area (Å²) in [6.07, 6.45) is 3.07. The quantitative estimate of drug-likeness (QED) is 0.175. The minimum absolute atomic E-state index is 0.0120. The molecule has 0 aliphatic rings. The smallest absolute Gasteiger partial charge is 0.343 e. The van der Waals surface area contributed by atoms with Crippen molar-refractivity contribution in [2.24, 2.45) is 0 Å². The Kier molecular flexibility index (Phi) is 6.99. The lowest BCUT2D eigenvalue weighted by Gasteiger charge is -2.18. The van der Waals surface area contributed by atoms with Crippen LogP contribution in [0.2, 0.25) is 10.0 Å². The number of halogens is 2. The number of carbonyl (C=O) groups excluding carboxylic acids is 2. The highest BCUT2D eigenvalue weighted by atomic mass is 35.5. The van der Waals surface area contributed by atoms with E-state index in [0.29, 0.717) is 32.5 Å². The molecular formula is C26H22Cl2O3. The molecule has 0 aliphatic carbocycles. The molecule has 158 valence electrons. The molecule has 3 aromatic carbocycles. The number of rotatable bonds is 5. The summed E-state index contributed by atoms with van der Waals surface area (Å²) >= 11 is 12.0. The molecule has 0 unspecified atom stereocenters. The van der Waals surface area contributed by atoms with E-state index in [4.69, 9.17) is 27.9 Å². The van der Waals surface area contributed by atoms with Gasteiger partial charge in [-0.1, -0.05) is 62.2 Å². The van der Waals surface area contributed by atoms with Crippen molar-refractivity contribution in [3.05, 3.63) is 105 Å². The van der Waals surface area contributed by atoms with E-state index in [1.807, 2.05) is 12.1 Å². The first-order valence-corrected chi connectivity index (χ1v) is 10.5. The number of carbonyl (C=O) groups is 2. The molecule has 0 aromatic heterocycles. The lowest BCUT2D eigenvalue weighted by molar-refractivity contribution is 0.0734. The van der Waals surface area contributed by atoms with E-state index < -0.39 is 5.97 Å². The highest BCUT2D eigenvalue weighted by Crippen LogP contribution is 2.24. The lowest BCUT2D eigenvalue weighted by Crippen LogP contribution is -2.13. The Morgan fingerprint density at radius 2 is 1.45 bits per heavy atom. The van der Waals surface area contributed by atoms with Gasteiger partial charge in [0.05, 0.1) is 5.56 Å². The monoisotopic (exact) mass is 452 g/mol. The van der Waals surface area contributed by atoms with E-state index in [9.17, 15) is 9.59 Å². The molecule has 0 radical (unpaired) electrons. The summed E-state index contributed by atoms with van der Waals surface area (Å²) in [5.74, 6) is -0.273. The van der Waals surface area contributed by atoms with E-state index >= 15 is 0 Å². The van der Waals surface area contributed by atoms with Gasteiger partial charge in [-0.05, 0) is 77.2 Å². The molecule has 0 bridgehead atoms. The first kappa shape index (κ1) is 22.8. The van der Waals surface area contributed by atoms with E-state index in [0.717, 1.165) is 5.56 Å². The maximum absolute atomic E-state index is 12.4. The van der Waals surface area contributed by atoms with Crippen LogP contribution in [0.5, 0.6) is 5.75 Å². The summed E-state index contributed by atoms with van der Waals surface area (Å²) in [6.45, 7) is 6.34. The van der Waals surface area contributed by atoms with Gasteiger partial charge in [-0.2, -0.15) is 0 Å². The van der Waals surface area contributed by atoms with Crippen LogP contribution < -0.4 is 4.74 Å². The van der Waals surface area contributed by atoms with Crippen molar-refractivity contribution >= 4 is 41.0 Å². The van der Waals surface area contributed by atoms with Crippen LogP contribution in [0.15, 0.2) is 72.8 Å². The van der Waals surface area contributed by atoms with Crippen molar-refractivity contribution in [3.63, 3.8) is 0 Å². The number of benzene rings is 3. The molecule has 3 nitrogen and oxygen atoms in total. The minimum atomic E-state index is -0.447. The Morgan fingerprint density at radius 3 is 2.03 bits per heavy atom. The predicted molar refractivity (Wildman–Crippen MR) is 126 cm³/mol. The molecule has 0 fully saturated rings. The van der Waals surface area contributed by atoms with Gasteiger partial charge < -0.3 is 4.74 Å².